The van der Waals surface area contributed by atoms with Gasteiger partial charge in [-0.25, -0.2) is 4.79 Å². The Morgan fingerprint density at radius 3 is 2.20 bits per heavy atom. The van der Waals surface area contributed by atoms with E-state index in [0.29, 0.717) is 83.5 Å². The third-order valence-electron chi connectivity index (χ3n) is 12.4. The number of amides is 3. The van der Waals surface area contributed by atoms with E-state index in [1.807, 2.05) is 63.7 Å². The summed E-state index contributed by atoms with van der Waals surface area (Å²) >= 11 is 13.6. The summed E-state index contributed by atoms with van der Waals surface area (Å²) in [4.78, 5) is 59.4. The van der Waals surface area contributed by atoms with E-state index in [0.717, 1.165) is 55.9 Å². The molecule has 1 unspecified atom stereocenters. The van der Waals surface area contributed by atoms with Crippen LogP contribution in [0.2, 0.25) is 10.0 Å². The molecule has 5 heterocycles. The second-order valence-corrected chi connectivity index (χ2v) is 17.2. The Balaban J connectivity index is 1.27. The Kier molecular flexibility index (Phi) is 10.9. The molecule has 1 fully saturated rings. The predicted octanol–water partition coefficient (Wildman–Crippen LogP) is 8.31. The number of anilines is 1. The van der Waals surface area contributed by atoms with Crippen molar-refractivity contribution in [2.24, 2.45) is 14.1 Å². The van der Waals surface area contributed by atoms with E-state index in [4.69, 9.17) is 33.0 Å². The van der Waals surface area contributed by atoms with Crippen molar-refractivity contribution in [2.75, 3.05) is 44.2 Å². The molecule has 0 aliphatic carbocycles. The van der Waals surface area contributed by atoms with Crippen molar-refractivity contribution in [1.29, 1.82) is 0 Å². The number of piperazine rings is 1. The summed E-state index contributed by atoms with van der Waals surface area (Å²) in [6, 6.07) is 12.4. The first-order valence-corrected chi connectivity index (χ1v) is 21.2. The van der Waals surface area contributed by atoms with Crippen LogP contribution >= 0.6 is 23.2 Å². The molecular formula is C46H49Cl2N7O6. The highest BCUT2D eigenvalue weighted by Crippen LogP contribution is 2.46. The number of aromatic carboxylic acids is 1. The zero-order valence-electron chi connectivity index (χ0n) is 35.7. The topological polar surface area (TPSA) is 135 Å². The number of ether oxygens (including phenoxy) is 1. The molecule has 13 nitrogen and oxygen atoms in total. The number of halogens is 2. The summed E-state index contributed by atoms with van der Waals surface area (Å²) < 4.78 is 11.8. The van der Waals surface area contributed by atoms with Gasteiger partial charge >= 0.3 is 5.97 Å². The minimum atomic E-state index is -1.13. The number of aromatic nitrogens is 4. The number of hydrogen-bond donors (Lipinski definition) is 1. The molecule has 15 heteroatoms. The maximum absolute atomic E-state index is 15.5. The largest absolute Gasteiger partial charge is 0.494 e. The number of hydrogen-bond acceptors (Lipinski definition) is 6. The summed E-state index contributed by atoms with van der Waals surface area (Å²) in [6.45, 7) is 13.6. The van der Waals surface area contributed by atoms with Crippen molar-refractivity contribution in [3.05, 3.63) is 97.5 Å². The molecule has 8 rings (SSSR count). The average molecular weight is 867 g/mol. The third kappa shape index (κ3) is 7.11. The van der Waals surface area contributed by atoms with Gasteiger partial charge in [-0.05, 0) is 101 Å². The van der Waals surface area contributed by atoms with Crippen LogP contribution < -0.4 is 9.64 Å². The molecule has 2 aliphatic heterocycles. The lowest BCUT2D eigenvalue weighted by Crippen LogP contribution is -2.50. The van der Waals surface area contributed by atoms with E-state index in [1.54, 1.807) is 44.5 Å². The zero-order chi connectivity index (χ0) is 43.8. The van der Waals surface area contributed by atoms with Gasteiger partial charge in [-0.15, -0.1) is 0 Å². The van der Waals surface area contributed by atoms with E-state index in [-0.39, 0.29) is 36.0 Å². The van der Waals surface area contributed by atoms with Crippen LogP contribution in [0.4, 0.5) is 5.69 Å². The van der Waals surface area contributed by atoms with Crippen molar-refractivity contribution in [3.8, 4) is 16.9 Å². The highest BCUT2D eigenvalue weighted by molar-refractivity contribution is 6.35. The molecule has 2 aliphatic rings. The monoisotopic (exact) mass is 865 g/mol. The van der Waals surface area contributed by atoms with Gasteiger partial charge in [-0.2, -0.15) is 5.10 Å². The normalized spacial score (nSPS) is 15.6. The maximum atomic E-state index is 15.5. The molecule has 318 valence electrons. The van der Waals surface area contributed by atoms with Crippen molar-refractivity contribution >= 4 is 74.4 Å². The number of aryl methyl sites for hydroxylation is 6. The average Bonchev–Trinajstić information content (AvgIpc) is 3.83. The molecule has 3 amide bonds. The summed E-state index contributed by atoms with van der Waals surface area (Å²) in [5, 5.41) is 17.6. The number of fused-ring (bicyclic) bond motifs is 4. The highest BCUT2D eigenvalue weighted by atomic mass is 35.5. The minimum Gasteiger partial charge on any atom is -0.494 e. The van der Waals surface area contributed by atoms with Gasteiger partial charge in [-0.3, -0.25) is 19.1 Å². The van der Waals surface area contributed by atoms with Crippen LogP contribution in [0.5, 0.6) is 5.75 Å². The first-order chi connectivity index (χ1) is 29.0. The van der Waals surface area contributed by atoms with Crippen molar-refractivity contribution in [2.45, 2.75) is 60.4 Å². The second kappa shape index (κ2) is 15.9. The Morgan fingerprint density at radius 2 is 1.57 bits per heavy atom. The molecular weight excluding hydrogens is 817 g/mol. The van der Waals surface area contributed by atoms with Crippen LogP contribution in [0.25, 0.3) is 32.9 Å². The first kappa shape index (κ1) is 41.9. The summed E-state index contributed by atoms with van der Waals surface area (Å²) in [5.41, 5.74) is 8.81. The third-order valence-corrected chi connectivity index (χ3v) is 13.4. The fourth-order valence-corrected chi connectivity index (χ4v) is 9.72. The van der Waals surface area contributed by atoms with Gasteiger partial charge in [0.15, 0.2) is 0 Å². The van der Waals surface area contributed by atoms with Gasteiger partial charge in [0.05, 0.1) is 34.0 Å². The Hall–Kier alpha value is -5.79. The quantitative estimate of drug-likeness (QED) is 0.145. The number of nitrogens with zero attached hydrogens (tertiary/aromatic N) is 7. The first-order valence-electron chi connectivity index (χ1n) is 20.5. The van der Waals surface area contributed by atoms with Gasteiger partial charge in [0.1, 0.15) is 17.1 Å². The molecule has 0 radical (unpaired) electrons. The molecule has 3 aromatic carbocycles. The summed E-state index contributed by atoms with van der Waals surface area (Å²) in [5.74, 6) is -0.995. The van der Waals surface area contributed by atoms with E-state index in [9.17, 15) is 19.5 Å². The standard InChI is InChI=1S/C46H49Cl2N7O6/c1-24-18-32(19-25(2)40(24)48)61-17-9-10-33-34-11-12-35(47)39(38-27(4)49-51(8)28(38)5)42(34)55-26(3)23-54(45(58)43(33)55)36-22-31(20-30-21-37(46(59)60)50(7)41(30)36)44(57)53-15-13-52(14-16-53)29(6)56/h11-12,18-22,26H,9-10,13-17,23H2,1-8H3,(H,59,60). The number of carbonyl (C=O) groups is 4. The van der Waals surface area contributed by atoms with Crippen LogP contribution in [0, 0.1) is 27.7 Å². The van der Waals surface area contributed by atoms with E-state index in [2.05, 4.69) is 11.5 Å². The van der Waals surface area contributed by atoms with Gasteiger partial charge in [-0.1, -0.05) is 29.3 Å². The SMILES string of the molecule is CC(=O)N1CCN(C(=O)c2cc(N3CC(C)n4c(c(CCCOc5cc(C)c(Cl)c(C)c5)c5ccc(Cl)c(-c6c(C)nn(C)c6C)c54)C3=O)c3c(c2)cc(C(=O)O)n3C)CC1. The lowest BCUT2D eigenvalue weighted by atomic mass is 9.98. The lowest BCUT2D eigenvalue weighted by Gasteiger charge is -2.36. The molecule has 6 aromatic rings. The Bertz CT molecular complexity index is 2800. The fourth-order valence-electron chi connectivity index (χ4n) is 9.36. The maximum Gasteiger partial charge on any atom is 0.352 e. The van der Waals surface area contributed by atoms with E-state index >= 15 is 4.79 Å². The van der Waals surface area contributed by atoms with Crippen molar-refractivity contribution in [3.63, 3.8) is 0 Å². The Morgan fingerprint density at radius 1 is 0.902 bits per heavy atom. The zero-order valence-corrected chi connectivity index (χ0v) is 37.2. The van der Waals surface area contributed by atoms with Crippen molar-refractivity contribution < 1.29 is 29.0 Å². The number of rotatable bonds is 9. The van der Waals surface area contributed by atoms with Crippen LogP contribution in [0.3, 0.4) is 0 Å². The van der Waals surface area contributed by atoms with Gasteiger partial charge in [0.2, 0.25) is 5.91 Å². The summed E-state index contributed by atoms with van der Waals surface area (Å²) in [7, 11) is 3.56. The van der Waals surface area contributed by atoms with Gasteiger partial charge in [0, 0.05) is 98.0 Å². The van der Waals surface area contributed by atoms with Crippen LogP contribution in [-0.4, -0.2) is 96.8 Å². The Labute approximate surface area is 364 Å². The minimum absolute atomic E-state index is 0.0239. The molecule has 3 aromatic heterocycles. The molecule has 1 saturated heterocycles. The van der Waals surface area contributed by atoms with E-state index < -0.39 is 5.97 Å². The lowest BCUT2D eigenvalue weighted by molar-refractivity contribution is -0.130. The van der Waals surface area contributed by atoms with Crippen molar-refractivity contribution in [1.82, 2.24) is 28.7 Å². The smallest absolute Gasteiger partial charge is 0.352 e. The van der Waals surface area contributed by atoms with Crippen LogP contribution in [0.15, 0.2) is 42.5 Å². The van der Waals surface area contributed by atoms with Crippen LogP contribution in [0.1, 0.15) is 85.7 Å². The van der Waals surface area contributed by atoms with Gasteiger partial charge < -0.3 is 33.7 Å². The predicted molar refractivity (Wildman–Crippen MR) is 238 cm³/mol. The molecule has 61 heavy (non-hydrogen) atoms. The second-order valence-electron chi connectivity index (χ2n) is 16.4. The van der Waals surface area contributed by atoms with Gasteiger partial charge in [0.25, 0.3) is 11.8 Å². The molecule has 1 atom stereocenters. The van der Waals surface area contributed by atoms with Crippen LogP contribution in [-0.2, 0) is 25.3 Å². The van der Waals surface area contributed by atoms with E-state index in [1.165, 1.54) is 6.92 Å². The highest BCUT2D eigenvalue weighted by Gasteiger charge is 2.38. The molecule has 0 saturated carbocycles. The number of carbonyl (C=O) groups excluding carboxylic acids is 3. The molecule has 0 bridgehead atoms. The molecule has 1 N–H and O–H groups in total. The number of carboxylic acid groups (broad SMARTS) is 1. The molecule has 0 spiro atoms. The fraction of sp³-hybridized carbons (Fsp3) is 0.370. The number of benzene rings is 3. The number of carboxylic acids is 1. The summed E-state index contributed by atoms with van der Waals surface area (Å²) in [6.07, 6.45) is 1.08.